The number of thiocarbonyl (C=S) groups is 1. The van der Waals surface area contributed by atoms with Crippen molar-refractivity contribution in [3.8, 4) is 5.75 Å². The zero-order valence-electron chi connectivity index (χ0n) is 10.4. The second kappa shape index (κ2) is 7.62. The van der Waals surface area contributed by atoms with Gasteiger partial charge in [-0.15, -0.1) is 0 Å². The van der Waals surface area contributed by atoms with Crippen LogP contribution in [0.1, 0.15) is 6.92 Å². The maximum Gasteiger partial charge on any atom is 0.222 e. The highest BCUT2D eigenvalue weighted by molar-refractivity contribution is 7.80. The molecule has 1 amide bonds. The van der Waals surface area contributed by atoms with E-state index in [0.717, 1.165) is 11.4 Å². The van der Waals surface area contributed by atoms with Crippen molar-refractivity contribution >= 4 is 28.9 Å². The number of ether oxygens (including phenoxy) is 2. The molecule has 98 valence electrons. The third-order valence-corrected chi connectivity index (χ3v) is 2.16. The SMILES string of the molecule is COCCOc1ccc(NC(=S)NC(C)=O)cc1. The van der Waals surface area contributed by atoms with Crippen LogP contribution in [0.4, 0.5) is 5.69 Å². The van der Waals surface area contributed by atoms with Gasteiger partial charge in [0.2, 0.25) is 5.91 Å². The lowest BCUT2D eigenvalue weighted by atomic mass is 10.3. The number of amides is 1. The number of carbonyl (C=O) groups is 1. The molecule has 0 atom stereocenters. The molecule has 6 heteroatoms. The van der Waals surface area contributed by atoms with Crippen LogP contribution in [0.2, 0.25) is 0 Å². The average Bonchev–Trinajstić information content (AvgIpc) is 2.30. The minimum atomic E-state index is -0.202. The Morgan fingerprint density at radius 2 is 1.94 bits per heavy atom. The molecule has 0 aromatic heterocycles. The van der Waals surface area contributed by atoms with Crippen LogP contribution in [0.25, 0.3) is 0 Å². The molecule has 0 fully saturated rings. The molecule has 0 unspecified atom stereocenters. The van der Waals surface area contributed by atoms with E-state index in [1.807, 2.05) is 24.3 Å². The van der Waals surface area contributed by atoms with E-state index in [0.29, 0.717) is 13.2 Å². The average molecular weight is 268 g/mol. The van der Waals surface area contributed by atoms with E-state index in [1.165, 1.54) is 6.92 Å². The fraction of sp³-hybridized carbons (Fsp3) is 0.333. The van der Waals surface area contributed by atoms with Crippen LogP contribution in [0.15, 0.2) is 24.3 Å². The molecule has 0 heterocycles. The van der Waals surface area contributed by atoms with E-state index in [2.05, 4.69) is 10.6 Å². The first kappa shape index (κ1) is 14.4. The van der Waals surface area contributed by atoms with Gasteiger partial charge in [0.15, 0.2) is 5.11 Å². The number of hydrogen-bond donors (Lipinski definition) is 2. The molecule has 0 aliphatic rings. The van der Waals surface area contributed by atoms with E-state index in [1.54, 1.807) is 7.11 Å². The van der Waals surface area contributed by atoms with Gasteiger partial charge < -0.3 is 20.1 Å². The summed E-state index contributed by atoms with van der Waals surface area (Å²) < 4.78 is 10.3. The molecule has 5 nitrogen and oxygen atoms in total. The first-order valence-corrected chi connectivity index (χ1v) is 5.83. The fourth-order valence-electron chi connectivity index (χ4n) is 1.20. The molecule has 0 aliphatic heterocycles. The summed E-state index contributed by atoms with van der Waals surface area (Å²) in [4.78, 5) is 10.8. The first-order chi connectivity index (χ1) is 8.61. The minimum absolute atomic E-state index is 0.202. The fourth-order valence-corrected chi connectivity index (χ4v) is 1.46. The molecule has 0 spiro atoms. The van der Waals surface area contributed by atoms with Crippen molar-refractivity contribution in [2.24, 2.45) is 0 Å². The van der Waals surface area contributed by atoms with Gasteiger partial charge in [0.05, 0.1) is 6.61 Å². The van der Waals surface area contributed by atoms with Gasteiger partial charge in [-0.3, -0.25) is 4.79 Å². The summed E-state index contributed by atoms with van der Waals surface area (Å²) in [5.41, 5.74) is 0.785. The van der Waals surface area contributed by atoms with Crippen molar-refractivity contribution in [1.29, 1.82) is 0 Å². The standard InChI is InChI=1S/C12H16N2O3S/c1-9(15)13-12(18)14-10-3-5-11(6-4-10)17-8-7-16-2/h3-6H,7-8H2,1-2H3,(H2,13,14,15,18). The highest BCUT2D eigenvalue weighted by atomic mass is 32.1. The second-order valence-corrected chi connectivity index (χ2v) is 3.91. The van der Waals surface area contributed by atoms with Gasteiger partial charge in [-0.1, -0.05) is 0 Å². The summed E-state index contributed by atoms with van der Waals surface area (Å²) >= 11 is 4.94. The Labute approximate surface area is 111 Å². The molecule has 1 aromatic carbocycles. The molecule has 2 N–H and O–H groups in total. The van der Waals surface area contributed by atoms with Crippen LogP contribution in [-0.2, 0) is 9.53 Å². The quantitative estimate of drug-likeness (QED) is 0.626. The molecular weight excluding hydrogens is 252 g/mol. The largest absolute Gasteiger partial charge is 0.491 e. The number of anilines is 1. The van der Waals surface area contributed by atoms with Crippen LogP contribution in [0.5, 0.6) is 5.75 Å². The molecule has 0 radical (unpaired) electrons. The number of benzene rings is 1. The zero-order valence-corrected chi connectivity index (χ0v) is 11.2. The Morgan fingerprint density at radius 3 is 2.50 bits per heavy atom. The van der Waals surface area contributed by atoms with E-state index in [4.69, 9.17) is 21.7 Å². The third-order valence-electron chi connectivity index (χ3n) is 1.96. The van der Waals surface area contributed by atoms with Crippen LogP contribution in [-0.4, -0.2) is 31.3 Å². The van der Waals surface area contributed by atoms with Crippen molar-refractivity contribution in [1.82, 2.24) is 5.32 Å². The normalized spacial score (nSPS) is 9.67. The van der Waals surface area contributed by atoms with Crippen molar-refractivity contribution in [2.75, 3.05) is 25.6 Å². The lowest BCUT2D eigenvalue weighted by Crippen LogP contribution is -2.32. The monoisotopic (exact) mass is 268 g/mol. The summed E-state index contributed by atoms with van der Waals surface area (Å²) in [6.45, 7) is 2.46. The molecule has 1 aromatic rings. The number of carbonyl (C=O) groups excluding carboxylic acids is 1. The maximum atomic E-state index is 10.8. The first-order valence-electron chi connectivity index (χ1n) is 5.42. The van der Waals surface area contributed by atoms with Crippen molar-refractivity contribution < 1.29 is 14.3 Å². The Morgan fingerprint density at radius 1 is 1.28 bits per heavy atom. The van der Waals surface area contributed by atoms with Crippen LogP contribution < -0.4 is 15.4 Å². The molecular formula is C12H16N2O3S. The van der Waals surface area contributed by atoms with Gasteiger partial charge in [0, 0.05) is 19.7 Å². The predicted octanol–water partition coefficient (Wildman–Crippen LogP) is 1.54. The zero-order chi connectivity index (χ0) is 13.4. The molecule has 0 saturated carbocycles. The summed E-state index contributed by atoms with van der Waals surface area (Å²) in [6, 6.07) is 7.26. The Bertz CT molecular complexity index is 406. The number of rotatable bonds is 5. The third kappa shape index (κ3) is 5.60. The van der Waals surface area contributed by atoms with Crippen molar-refractivity contribution in [3.63, 3.8) is 0 Å². The van der Waals surface area contributed by atoms with Crippen LogP contribution >= 0.6 is 12.2 Å². The molecule has 18 heavy (non-hydrogen) atoms. The molecule has 1 rings (SSSR count). The van der Waals surface area contributed by atoms with Gasteiger partial charge in [-0.05, 0) is 36.5 Å². The van der Waals surface area contributed by atoms with Gasteiger partial charge >= 0.3 is 0 Å². The summed E-state index contributed by atoms with van der Waals surface area (Å²) in [7, 11) is 1.62. The lowest BCUT2D eigenvalue weighted by Gasteiger charge is -2.09. The number of hydrogen-bond acceptors (Lipinski definition) is 4. The Kier molecular flexibility index (Phi) is 6.10. The minimum Gasteiger partial charge on any atom is -0.491 e. The summed E-state index contributed by atoms with van der Waals surface area (Å²) in [5, 5.41) is 5.64. The van der Waals surface area contributed by atoms with Crippen LogP contribution in [0.3, 0.4) is 0 Å². The second-order valence-electron chi connectivity index (χ2n) is 3.50. The summed E-state index contributed by atoms with van der Waals surface area (Å²) in [6.07, 6.45) is 0. The number of methoxy groups -OCH3 is 1. The van der Waals surface area contributed by atoms with Crippen molar-refractivity contribution in [3.05, 3.63) is 24.3 Å². The molecule has 0 aliphatic carbocycles. The highest BCUT2D eigenvalue weighted by Crippen LogP contribution is 2.15. The van der Waals surface area contributed by atoms with Gasteiger partial charge in [-0.25, -0.2) is 0 Å². The predicted molar refractivity (Wildman–Crippen MR) is 73.9 cm³/mol. The molecule has 0 bridgehead atoms. The van der Waals surface area contributed by atoms with Crippen LogP contribution in [0, 0.1) is 0 Å². The Balaban J connectivity index is 2.44. The smallest absolute Gasteiger partial charge is 0.222 e. The van der Waals surface area contributed by atoms with Gasteiger partial charge in [0.1, 0.15) is 12.4 Å². The van der Waals surface area contributed by atoms with E-state index >= 15 is 0 Å². The Hall–Kier alpha value is -1.66. The van der Waals surface area contributed by atoms with Gasteiger partial charge in [-0.2, -0.15) is 0 Å². The summed E-state index contributed by atoms with van der Waals surface area (Å²) in [5.74, 6) is 0.551. The van der Waals surface area contributed by atoms with Gasteiger partial charge in [0.25, 0.3) is 0 Å². The van der Waals surface area contributed by atoms with E-state index in [-0.39, 0.29) is 11.0 Å². The number of nitrogens with one attached hydrogen (secondary N) is 2. The highest BCUT2D eigenvalue weighted by Gasteiger charge is 2.00. The maximum absolute atomic E-state index is 10.8. The topological polar surface area (TPSA) is 59.6 Å². The van der Waals surface area contributed by atoms with E-state index < -0.39 is 0 Å². The molecule has 0 saturated heterocycles. The lowest BCUT2D eigenvalue weighted by molar-refractivity contribution is -0.117. The van der Waals surface area contributed by atoms with Crippen molar-refractivity contribution in [2.45, 2.75) is 6.92 Å². The van der Waals surface area contributed by atoms with E-state index in [9.17, 15) is 4.79 Å².